The summed E-state index contributed by atoms with van der Waals surface area (Å²) in [7, 11) is 0. The third-order valence-corrected chi connectivity index (χ3v) is 3.09. The minimum Gasteiger partial charge on any atom is -0.481 e. The van der Waals surface area contributed by atoms with Gasteiger partial charge < -0.3 is 10.4 Å². The average Bonchev–Trinajstić information content (AvgIpc) is 3.20. The molecule has 0 bridgehead atoms. The maximum atomic E-state index is 10.7. The van der Waals surface area contributed by atoms with Crippen molar-refractivity contribution in [1.82, 2.24) is 15.0 Å². The van der Waals surface area contributed by atoms with E-state index in [1.807, 2.05) is 12.1 Å². The molecule has 0 aliphatic heterocycles. The second-order valence-corrected chi connectivity index (χ2v) is 4.46. The Balaban J connectivity index is 1.69. The Bertz CT molecular complexity index is 585. The molecule has 96 valence electrons. The Morgan fingerprint density at radius 3 is 2.47 bits per heavy atom. The summed E-state index contributed by atoms with van der Waals surface area (Å²) in [6, 6.07) is 3.71. The van der Waals surface area contributed by atoms with Crippen LogP contribution < -0.4 is 5.32 Å². The van der Waals surface area contributed by atoms with Crippen LogP contribution in [0.2, 0.25) is 0 Å². The van der Waals surface area contributed by atoms with Crippen molar-refractivity contribution in [2.75, 3.05) is 5.32 Å². The topological polar surface area (TPSA) is 88.0 Å². The summed E-state index contributed by atoms with van der Waals surface area (Å²) in [6.07, 6.45) is 7.47. The van der Waals surface area contributed by atoms with Gasteiger partial charge >= 0.3 is 5.97 Å². The first-order valence-electron chi connectivity index (χ1n) is 5.96. The molecule has 6 nitrogen and oxygen atoms in total. The summed E-state index contributed by atoms with van der Waals surface area (Å²) in [5, 5.41) is 11.8. The first-order chi connectivity index (χ1) is 9.24. The SMILES string of the molecule is O=C(O)C1CC1Nc1ncc(-c2ccncc2)cn1. The van der Waals surface area contributed by atoms with Crippen molar-refractivity contribution in [3.63, 3.8) is 0 Å². The van der Waals surface area contributed by atoms with Gasteiger partial charge in [-0.05, 0) is 24.1 Å². The van der Waals surface area contributed by atoms with E-state index in [1.54, 1.807) is 24.8 Å². The van der Waals surface area contributed by atoms with Gasteiger partial charge in [0, 0.05) is 36.4 Å². The molecule has 3 rings (SSSR count). The smallest absolute Gasteiger partial charge is 0.308 e. The van der Waals surface area contributed by atoms with Crippen molar-refractivity contribution < 1.29 is 9.90 Å². The molecule has 0 saturated heterocycles. The summed E-state index contributed by atoms with van der Waals surface area (Å²) >= 11 is 0. The normalized spacial score (nSPS) is 20.8. The molecular weight excluding hydrogens is 244 g/mol. The molecule has 1 saturated carbocycles. The lowest BCUT2D eigenvalue weighted by atomic mass is 10.1. The van der Waals surface area contributed by atoms with Crippen LogP contribution in [0, 0.1) is 5.92 Å². The Labute approximate surface area is 109 Å². The van der Waals surface area contributed by atoms with Gasteiger partial charge in [0.25, 0.3) is 0 Å². The van der Waals surface area contributed by atoms with Gasteiger partial charge in [-0.2, -0.15) is 0 Å². The lowest BCUT2D eigenvalue weighted by Gasteiger charge is -2.04. The van der Waals surface area contributed by atoms with Crippen molar-refractivity contribution >= 4 is 11.9 Å². The molecule has 0 spiro atoms. The quantitative estimate of drug-likeness (QED) is 0.860. The van der Waals surface area contributed by atoms with Crippen LogP contribution in [0.1, 0.15) is 6.42 Å². The largest absolute Gasteiger partial charge is 0.481 e. The van der Waals surface area contributed by atoms with Crippen LogP contribution in [0.15, 0.2) is 36.9 Å². The lowest BCUT2D eigenvalue weighted by molar-refractivity contribution is -0.138. The van der Waals surface area contributed by atoms with Crippen molar-refractivity contribution in [2.24, 2.45) is 5.92 Å². The van der Waals surface area contributed by atoms with Crippen LogP contribution in [0.5, 0.6) is 0 Å². The number of carboxylic acids is 1. The molecule has 2 unspecified atom stereocenters. The molecule has 2 aromatic heterocycles. The molecule has 1 fully saturated rings. The lowest BCUT2D eigenvalue weighted by Crippen LogP contribution is -2.12. The Morgan fingerprint density at radius 1 is 1.21 bits per heavy atom. The highest BCUT2D eigenvalue weighted by atomic mass is 16.4. The van der Waals surface area contributed by atoms with E-state index in [4.69, 9.17) is 5.11 Å². The second-order valence-electron chi connectivity index (χ2n) is 4.46. The number of nitrogens with one attached hydrogen (secondary N) is 1. The predicted octanol–water partition coefficient (Wildman–Crippen LogP) is 1.42. The van der Waals surface area contributed by atoms with Gasteiger partial charge in [-0.1, -0.05) is 0 Å². The van der Waals surface area contributed by atoms with Crippen molar-refractivity contribution in [2.45, 2.75) is 12.5 Å². The number of rotatable bonds is 4. The molecule has 1 aliphatic carbocycles. The van der Waals surface area contributed by atoms with Crippen molar-refractivity contribution in [1.29, 1.82) is 0 Å². The van der Waals surface area contributed by atoms with E-state index in [0.29, 0.717) is 12.4 Å². The van der Waals surface area contributed by atoms with Crippen LogP contribution in [0.4, 0.5) is 5.95 Å². The van der Waals surface area contributed by atoms with Crippen LogP contribution >= 0.6 is 0 Å². The first kappa shape index (κ1) is 11.6. The third kappa shape index (κ3) is 2.52. The highest BCUT2D eigenvalue weighted by molar-refractivity contribution is 5.75. The van der Waals surface area contributed by atoms with Gasteiger partial charge in [-0.3, -0.25) is 9.78 Å². The highest BCUT2D eigenvalue weighted by Crippen LogP contribution is 2.32. The zero-order chi connectivity index (χ0) is 13.2. The zero-order valence-corrected chi connectivity index (χ0v) is 10.0. The third-order valence-electron chi connectivity index (χ3n) is 3.09. The fourth-order valence-corrected chi connectivity index (χ4v) is 1.89. The molecule has 2 atom stereocenters. The summed E-state index contributed by atoms with van der Waals surface area (Å²) in [5.41, 5.74) is 1.90. The van der Waals surface area contributed by atoms with E-state index >= 15 is 0 Å². The fourth-order valence-electron chi connectivity index (χ4n) is 1.89. The van der Waals surface area contributed by atoms with Gasteiger partial charge in [0.05, 0.1) is 5.92 Å². The van der Waals surface area contributed by atoms with Crippen LogP contribution in [-0.2, 0) is 4.79 Å². The van der Waals surface area contributed by atoms with E-state index in [1.165, 1.54) is 0 Å². The van der Waals surface area contributed by atoms with Crippen LogP contribution in [0.25, 0.3) is 11.1 Å². The number of aliphatic carboxylic acids is 1. The zero-order valence-electron chi connectivity index (χ0n) is 10.0. The molecule has 0 radical (unpaired) electrons. The maximum Gasteiger partial charge on any atom is 0.308 e. The summed E-state index contributed by atoms with van der Waals surface area (Å²) in [4.78, 5) is 23.1. The number of carbonyl (C=O) groups is 1. The van der Waals surface area contributed by atoms with E-state index in [2.05, 4.69) is 20.3 Å². The predicted molar refractivity (Wildman–Crippen MR) is 68.4 cm³/mol. The molecule has 19 heavy (non-hydrogen) atoms. The molecule has 2 heterocycles. The number of anilines is 1. The van der Waals surface area contributed by atoms with Gasteiger partial charge in [-0.15, -0.1) is 0 Å². The van der Waals surface area contributed by atoms with Crippen molar-refractivity contribution in [3.8, 4) is 11.1 Å². The summed E-state index contributed by atoms with van der Waals surface area (Å²) in [6.45, 7) is 0. The molecule has 0 aromatic carbocycles. The molecule has 6 heteroatoms. The minimum atomic E-state index is -0.772. The fraction of sp³-hybridized carbons (Fsp3) is 0.231. The molecule has 1 aliphatic rings. The average molecular weight is 256 g/mol. The van der Waals surface area contributed by atoms with Gasteiger partial charge in [-0.25, -0.2) is 9.97 Å². The van der Waals surface area contributed by atoms with Gasteiger partial charge in [0.2, 0.25) is 5.95 Å². The monoisotopic (exact) mass is 256 g/mol. The minimum absolute atomic E-state index is 0.0516. The Hall–Kier alpha value is -2.50. The van der Waals surface area contributed by atoms with Crippen LogP contribution in [0.3, 0.4) is 0 Å². The second kappa shape index (κ2) is 4.64. The highest BCUT2D eigenvalue weighted by Gasteiger charge is 2.43. The van der Waals surface area contributed by atoms with E-state index in [0.717, 1.165) is 11.1 Å². The summed E-state index contributed by atoms with van der Waals surface area (Å²) < 4.78 is 0. The standard InChI is InChI=1S/C13H12N4O2/c18-12(19)10-5-11(10)17-13-15-6-9(7-16-13)8-1-3-14-4-2-8/h1-4,6-7,10-11H,5H2,(H,18,19)(H,15,16,17). The van der Waals surface area contributed by atoms with E-state index < -0.39 is 5.97 Å². The number of nitrogens with zero attached hydrogens (tertiary/aromatic N) is 3. The number of pyridine rings is 1. The molecule has 2 N–H and O–H groups in total. The first-order valence-corrected chi connectivity index (χ1v) is 5.96. The maximum absolute atomic E-state index is 10.7. The Morgan fingerprint density at radius 2 is 1.89 bits per heavy atom. The number of hydrogen-bond acceptors (Lipinski definition) is 5. The van der Waals surface area contributed by atoms with E-state index in [9.17, 15) is 4.79 Å². The molecule has 2 aromatic rings. The van der Waals surface area contributed by atoms with Gasteiger partial charge in [0.15, 0.2) is 0 Å². The van der Waals surface area contributed by atoms with Crippen LogP contribution in [-0.4, -0.2) is 32.1 Å². The van der Waals surface area contributed by atoms with E-state index in [-0.39, 0.29) is 12.0 Å². The number of hydrogen-bond donors (Lipinski definition) is 2. The summed E-state index contributed by atoms with van der Waals surface area (Å²) in [5.74, 6) is -0.624. The number of carboxylic acid groups (broad SMARTS) is 1. The molecule has 0 amide bonds. The molecular formula is C13H12N4O2. The van der Waals surface area contributed by atoms with Gasteiger partial charge in [0.1, 0.15) is 0 Å². The Kier molecular flexibility index (Phi) is 2.83. The van der Waals surface area contributed by atoms with Crippen molar-refractivity contribution in [3.05, 3.63) is 36.9 Å². The number of aromatic nitrogens is 3.